The van der Waals surface area contributed by atoms with Crippen molar-refractivity contribution in [2.75, 3.05) is 0 Å². The largest absolute Gasteiger partial charge is 0.488 e. The number of nitrogens with one attached hydrogen (secondary N) is 1. The smallest absolute Gasteiger partial charge is 0.439 e. The first kappa shape index (κ1) is 23.8. The van der Waals surface area contributed by atoms with Gasteiger partial charge in [0.15, 0.2) is 11.5 Å². The van der Waals surface area contributed by atoms with Crippen LogP contribution >= 0.6 is 0 Å². The minimum atomic E-state index is -0.638. The number of imidazole rings is 1. The van der Waals surface area contributed by atoms with Crippen molar-refractivity contribution in [3.8, 4) is 5.75 Å². The lowest BCUT2D eigenvalue weighted by molar-refractivity contribution is 0.305. The highest BCUT2D eigenvalue weighted by atomic mass is 19.1. The number of aryl methyl sites for hydroxylation is 2. The van der Waals surface area contributed by atoms with Gasteiger partial charge in [0.05, 0.1) is 17.1 Å². The first-order valence-electron chi connectivity index (χ1n) is 12.6. The SMILES string of the molecule is CCCc1nc2c(C)nccn2c1Cc1ccc2c(c1)COc1cc(F)ccc1/C2=C(/C)c1noc(=O)[nH]1. The number of rotatable bonds is 5. The van der Waals surface area contributed by atoms with Gasteiger partial charge in [-0.1, -0.05) is 36.7 Å². The van der Waals surface area contributed by atoms with Gasteiger partial charge in [0.2, 0.25) is 0 Å². The van der Waals surface area contributed by atoms with Gasteiger partial charge in [-0.3, -0.25) is 14.5 Å². The molecule has 0 fully saturated rings. The zero-order chi connectivity index (χ0) is 26.4. The Bertz CT molecular complexity index is 1780. The van der Waals surface area contributed by atoms with Crippen LogP contribution in [-0.4, -0.2) is 24.5 Å². The summed E-state index contributed by atoms with van der Waals surface area (Å²) in [7, 11) is 0. The minimum Gasteiger partial charge on any atom is -0.488 e. The summed E-state index contributed by atoms with van der Waals surface area (Å²) < 4.78 is 27.1. The first-order valence-corrected chi connectivity index (χ1v) is 12.6. The zero-order valence-corrected chi connectivity index (χ0v) is 21.3. The van der Waals surface area contributed by atoms with Crippen LogP contribution in [0, 0.1) is 12.7 Å². The third-order valence-electron chi connectivity index (χ3n) is 6.96. The lowest BCUT2D eigenvalue weighted by Gasteiger charge is -2.14. The Kier molecular flexibility index (Phi) is 5.90. The van der Waals surface area contributed by atoms with Gasteiger partial charge in [-0.05, 0) is 54.7 Å². The van der Waals surface area contributed by atoms with Gasteiger partial charge in [-0.2, -0.15) is 0 Å². The average molecular weight is 512 g/mol. The standard InChI is InChI=1S/C29H26FN5O3/c1-4-5-23-24(35-11-10-31-17(3)28(35)32-23)13-18-6-8-21-19(12-18)15-37-25-14-20(30)7-9-22(25)26(21)16(2)27-33-29(36)38-34-27/h6-12,14H,4-5,13,15H2,1-3H3,(H,33,34,36)/b26-16-. The van der Waals surface area contributed by atoms with E-state index in [1.54, 1.807) is 12.3 Å². The highest BCUT2D eigenvalue weighted by Gasteiger charge is 2.24. The normalized spacial score (nSPS) is 14.1. The zero-order valence-electron chi connectivity index (χ0n) is 21.3. The van der Waals surface area contributed by atoms with Crippen molar-refractivity contribution in [1.29, 1.82) is 0 Å². The van der Waals surface area contributed by atoms with E-state index >= 15 is 0 Å². The molecular weight excluding hydrogens is 485 g/mol. The topological polar surface area (TPSA) is 98.3 Å². The van der Waals surface area contributed by atoms with E-state index in [9.17, 15) is 9.18 Å². The van der Waals surface area contributed by atoms with Gasteiger partial charge < -0.3 is 9.14 Å². The molecule has 0 amide bonds. The Morgan fingerprint density at radius 2 is 2.03 bits per heavy atom. The van der Waals surface area contributed by atoms with Crippen molar-refractivity contribution in [1.82, 2.24) is 24.5 Å². The van der Waals surface area contributed by atoms with Crippen LogP contribution in [0.4, 0.5) is 4.39 Å². The van der Waals surface area contributed by atoms with Crippen LogP contribution in [0.5, 0.6) is 5.75 Å². The fourth-order valence-electron chi connectivity index (χ4n) is 5.17. The number of fused-ring (bicyclic) bond motifs is 3. The summed E-state index contributed by atoms with van der Waals surface area (Å²) in [4.78, 5) is 23.6. The number of halogens is 1. The second-order valence-electron chi connectivity index (χ2n) is 9.50. The number of aromatic nitrogens is 5. The molecule has 0 spiro atoms. The summed E-state index contributed by atoms with van der Waals surface area (Å²) >= 11 is 0. The number of ether oxygens (including phenoxy) is 1. The quantitative estimate of drug-likeness (QED) is 0.345. The van der Waals surface area contributed by atoms with Crippen molar-refractivity contribution in [3.63, 3.8) is 0 Å². The van der Waals surface area contributed by atoms with E-state index in [1.165, 1.54) is 12.1 Å². The molecule has 38 heavy (non-hydrogen) atoms. The predicted molar refractivity (Wildman–Crippen MR) is 140 cm³/mol. The molecule has 0 unspecified atom stereocenters. The van der Waals surface area contributed by atoms with E-state index in [-0.39, 0.29) is 12.4 Å². The molecule has 3 aromatic heterocycles. The van der Waals surface area contributed by atoms with Crippen LogP contribution in [-0.2, 0) is 19.4 Å². The van der Waals surface area contributed by atoms with Gasteiger partial charge in [-0.15, -0.1) is 0 Å². The molecule has 0 aliphatic carbocycles. The Labute approximate surface area is 217 Å². The molecule has 0 saturated heterocycles. The van der Waals surface area contributed by atoms with Crippen LogP contribution in [0.2, 0.25) is 0 Å². The highest BCUT2D eigenvalue weighted by Crippen LogP contribution is 2.41. The fraction of sp³-hybridized carbons (Fsp3) is 0.241. The molecule has 6 rings (SSSR count). The Balaban J connectivity index is 1.48. The second kappa shape index (κ2) is 9.41. The fourth-order valence-corrected chi connectivity index (χ4v) is 5.17. The predicted octanol–water partition coefficient (Wildman–Crippen LogP) is 5.27. The maximum absolute atomic E-state index is 14.2. The molecule has 9 heteroatoms. The van der Waals surface area contributed by atoms with Crippen LogP contribution in [0.1, 0.15) is 65.4 Å². The molecule has 192 valence electrons. The summed E-state index contributed by atoms with van der Waals surface area (Å²) in [6, 6.07) is 10.7. The van der Waals surface area contributed by atoms with E-state index in [4.69, 9.17) is 14.2 Å². The number of nitrogens with zero attached hydrogens (tertiary/aromatic N) is 4. The first-order chi connectivity index (χ1) is 18.4. The average Bonchev–Trinajstić information content (AvgIpc) is 3.45. The van der Waals surface area contributed by atoms with E-state index in [0.29, 0.717) is 29.1 Å². The number of H-pyrrole nitrogens is 1. The van der Waals surface area contributed by atoms with E-state index < -0.39 is 5.76 Å². The third kappa shape index (κ3) is 4.09. The van der Waals surface area contributed by atoms with Crippen LogP contribution < -0.4 is 10.5 Å². The van der Waals surface area contributed by atoms with E-state index in [2.05, 4.69) is 44.6 Å². The van der Waals surface area contributed by atoms with Gasteiger partial charge in [0.25, 0.3) is 0 Å². The molecular formula is C29H26FN5O3. The summed E-state index contributed by atoms with van der Waals surface area (Å²) in [5.41, 5.74) is 9.17. The molecule has 1 N–H and O–H groups in total. The maximum atomic E-state index is 14.2. The Hall–Kier alpha value is -4.53. The second-order valence-corrected chi connectivity index (χ2v) is 9.50. The molecule has 0 radical (unpaired) electrons. The number of hydrogen-bond acceptors (Lipinski definition) is 6. The molecule has 0 atom stereocenters. The van der Waals surface area contributed by atoms with E-state index in [0.717, 1.165) is 57.8 Å². The number of benzene rings is 2. The Morgan fingerprint density at radius 3 is 2.82 bits per heavy atom. The third-order valence-corrected chi connectivity index (χ3v) is 6.96. The Morgan fingerprint density at radius 1 is 1.18 bits per heavy atom. The number of hydrogen-bond donors (Lipinski definition) is 1. The molecule has 0 saturated carbocycles. The van der Waals surface area contributed by atoms with Crippen molar-refractivity contribution in [2.24, 2.45) is 0 Å². The van der Waals surface area contributed by atoms with Crippen LogP contribution in [0.15, 0.2) is 58.1 Å². The lowest BCUT2D eigenvalue weighted by Crippen LogP contribution is -2.03. The van der Waals surface area contributed by atoms with Crippen molar-refractivity contribution in [3.05, 3.63) is 110 Å². The van der Waals surface area contributed by atoms with Crippen LogP contribution in [0.25, 0.3) is 16.8 Å². The van der Waals surface area contributed by atoms with Crippen molar-refractivity contribution >= 4 is 16.8 Å². The summed E-state index contributed by atoms with van der Waals surface area (Å²) in [6.07, 6.45) is 6.33. The van der Waals surface area contributed by atoms with Crippen molar-refractivity contribution in [2.45, 2.75) is 46.6 Å². The maximum Gasteiger partial charge on any atom is 0.439 e. The molecule has 8 nitrogen and oxygen atoms in total. The lowest BCUT2D eigenvalue weighted by atomic mass is 9.89. The van der Waals surface area contributed by atoms with Gasteiger partial charge in [-0.25, -0.2) is 14.2 Å². The van der Waals surface area contributed by atoms with Crippen molar-refractivity contribution < 1.29 is 13.7 Å². The minimum absolute atomic E-state index is 0.268. The molecule has 5 aromatic rings. The summed E-state index contributed by atoms with van der Waals surface area (Å²) in [5.74, 6) is -0.279. The van der Waals surface area contributed by atoms with E-state index in [1.807, 2.05) is 20.0 Å². The van der Waals surface area contributed by atoms with Gasteiger partial charge >= 0.3 is 5.76 Å². The summed E-state index contributed by atoms with van der Waals surface area (Å²) in [6.45, 7) is 6.24. The van der Waals surface area contributed by atoms with Crippen LogP contribution in [0.3, 0.4) is 0 Å². The summed E-state index contributed by atoms with van der Waals surface area (Å²) in [5, 5.41) is 3.88. The van der Waals surface area contributed by atoms with Gasteiger partial charge in [0, 0.05) is 36.0 Å². The van der Waals surface area contributed by atoms with Gasteiger partial charge in [0.1, 0.15) is 18.2 Å². The molecule has 2 aromatic carbocycles. The molecule has 1 aliphatic heterocycles. The monoisotopic (exact) mass is 511 g/mol. The number of allylic oxidation sites excluding steroid dienone is 1. The highest BCUT2D eigenvalue weighted by molar-refractivity contribution is 5.99. The molecule has 4 heterocycles. The molecule has 1 aliphatic rings. The number of aromatic amines is 1. The molecule has 0 bridgehead atoms.